The number of rotatable bonds is 7. The highest BCUT2D eigenvalue weighted by atomic mass is 15.1. The minimum Gasteiger partial charge on any atom is -0.310 e. The lowest BCUT2D eigenvalue weighted by Gasteiger charge is -2.28. The fraction of sp³-hybridized carbons (Fsp3) is 0.0714. The number of benzene rings is 9. The molecule has 0 fully saturated rings. The summed E-state index contributed by atoms with van der Waals surface area (Å²) in [6.07, 6.45) is 0. The highest BCUT2D eigenvalue weighted by Crippen LogP contribution is 2.54. The Morgan fingerprint density at radius 1 is 0.351 bits per heavy atom. The first kappa shape index (κ1) is 34.5. The summed E-state index contributed by atoms with van der Waals surface area (Å²) < 4.78 is 0. The van der Waals surface area contributed by atoms with Crippen LogP contribution in [0.3, 0.4) is 0 Å². The molecule has 1 aliphatic carbocycles. The van der Waals surface area contributed by atoms with E-state index in [9.17, 15) is 0 Å². The molecule has 0 N–H and O–H groups in total. The van der Waals surface area contributed by atoms with Crippen molar-refractivity contribution in [3.05, 3.63) is 223 Å². The summed E-state index contributed by atoms with van der Waals surface area (Å²) in [5, 5.41) is 2.52. The largest absolute Gasteiger partial charge is 0.310 e. The maximum absolute atomic E-state index is 2.43. The normalized spacial score (nSPS) is 12.6. The van der Waals surface area contributed by atoms with E-state index < -0.39 is 0 Å². The number of fused-ring (bicyclic) bond motifs is 4. The van der Waals surface area contributed by atoms with Gasteiger partial charge in [-0.2, -0.15) is 0 Å². The van der Waals surface area contributed by atoms with Gasteiger partial charge in [0.25, 0.3) is 0 Å². The number of hydrogen-bond donors (Lipinski definition) is 0. The first-order valence-electron chi connectivity index (χ1n) is 19.9. The van der Waals surface area contributed by atoms with Crippen LogP contribution in [0, 0.1) is 6.92 Å². The molecular formula is C56H43N. The summed E-state index contributed by atoms with van der Waals surface area (Å²) in [5.74, 6) is 0. The summed E-state index contributed by atoms with van der Waals surface area (Å²) >= 11 is 0. The van der Waals surface area contributed by atoms with Crippen molar-refractivity contribution >= 4 is 27.8 Å². The van der Waals surface area contributed by atoms with Gasteiger partial charge in [-0.3, -0.25) is 0 Å². The molecule has 0 unspecified atom stereocenters. The minimum atomic E-state index is -0.166. The predicted octanol–water partition coefficient (Wildman–Crippen LogP) is 15.6. The molecule has 1 aliphatic rings. The van der Waals surface area contributed by atoms with E-state index in [0.29, 0.717) is 0 Å². The summed E-state index contributed by atoms with van der Waals surface area (Å²) in [5.41, 5.74) is 19.8. The lowest BCUT2D eigenvalue weighted by molar-refractivity contribution is 0.660. The summed E-state index contributed by atoms with van der Waals surface area (Å²) in [6, 6.07) is 75.6. The van der Waals surface area contributed by atoms with Gasteiger partial charge in [-0.1, -0.05) is 184 Å². The van der Waals surface area contributed by atoms with Gasteiger partial charge < -0.3 is 4.90 Å². The Morgan fingerprint density at radius 3 is 1.60 bits per heavy atom. The number of hydrogen-bond acceptors (Lipinski definition) is 1. The van der Waals surface area contributed by atoms with Gasteiger partial charge in [0.15, 0.2) is 0 Å². The standard InChI is InChI=1S/C56H43N/c1-38-15-10-12-21-47(38)54-48-22-13-11-20-42(48)29-35-50(54)43-27-32-45(33-28-43)57(44-30-25-40(26-31-44)39-16-6-4-7-17-39)46-34-36-51-53(37-46)56(2,3)52-24-14-23-49(55(51)52)41-18-8-5-9-19-41/h4-37H,1-3H3. The molecule has 0 amide bonds. The predicted molar refractivity (Wildman–Crippen MR) is 243 cm³/mol. The van der Waals surface area contributed by atoms with Gasteiger partial charge in [0.2, 0.25) is 0 Å². The minimum absolute atomic E-state index is 0.166. The average molecular weight is 730 g/mol. The van der Waals surface area contributed by atoms with Gasteiger partial charge in [-0.05, 0) is 126 Å². The number of aryl methyl sites for hydroxylation is 1. The third-order valence-electron chi connectivity index (χ3n) is 12.0. The first-order chi connectivity index (χ1) is 28.0. The Labute approximate surface area is 336 Å². The van der Waals surface area contributed by atoms with E-state index in [1.54, 1.807) is 0 Å². The summed E-state index contributed by atoms with van der Waals surface area (Å²) in [7, 11) is 0. The summed E-state index contributed by atoms with van der Waals surface area (Å²) in [4.78, 5) is 2.42. The molecule has 1 nitrogen and oxygen atoms in total. The van der Waals surface area contributed by atoms with Gasteiger partial charge in [0.05, 0.1) is 0 Å². The zero-order chi connectivity index (χ0) is 38.5. The third-order valence-corrected chi connectivity index (χ3v) is 12.0. The SMILES string of the molecule is Cc1ccccc1-c1c(-c2ccc(N(c3ccc(-c4ccccc4)cc3)c3ccc4c(c3)C(C)(C)c3cccc(-c5ccccc5)c3-4)cc2)ccc2ccccc12. The van der Waals surface area contributed by atoms with Crippen LogP contribution >= 0.6 is 0 Å². The van der Waals surface area contributed by atoms with E-state index in [1.165, 1.54) is 83.1 Å². The Bertz CT molecular complexity index is 2900. The van der Waals surface area contributed by atoms with Crippen LogP contribution in [-0.2, 0) is 5.41 Å². The van der Waals surface area contributed by atoms with Gasteiger partial charge in [-0.25, -0.2) is 0 Å². The van der Waals surface area contributed by atoms with Crippen LogP contribution in [0.5, 0.6) is 0 Å². The van der Waals surface area contributed by atoms with Gasteiger partial charge in [0, 0.05) is 22.5 Å². The molecule has 0 radical (unpaired) electrons. The number of nitrogens with zero attached hydrogens (tertiary/aromatic N) is 1. The quantitative estimate of drug-likeness (QED) is 0.158. The number of anilines is 3. The zero-order valence-electron chi connectivity index (χ0n) is 32.6. The smallest absolute Gasteiger partial charge is 0.0465 e. The molecule has 0 saturated carbocycles. The van der Waals surface area contributed by atoms with E-state index in [2.05, 4.69) is 232 Å². The van der Waals surface area contributed by atoms with Crippen LogP contribution < -0.4 is 4.90 Å². The van der Waals surface area contributed by atoms with E-state index in [4.69, 9.17) is 0 Å². The topological polar surface area (TPSA) is 3.24 Å². The Balaban J connectivity index is 1.11. The molecule has 9 aromatic rings. The molecule has 0 spiro atoms. The van der Waals surface area contributed by atoms with Crippen molar-refractivity contribution in [3.63, 3.8) is 0 Å². The Morgan fingerprint density at radius 2 is 0.877 bits per heavy atom. The lowest BCUT2D eigenvalue weighted by Crippen LogP contribution is -2.16. The molecular weight excluding hydrogens is 687 g/mol. The molecule has 9 aromatic carbocycles. The van der Waals surface area contributed by atoms with Crippen LogP contribution in [0.25, 0.3) is 66.4 Å². The molecule has 0 atom stereocenters. The van der Waals surface area contributed by atoms with Crippen LogP contribution in [0.2, 0.25) is 0 Å². The molecule has 0 saturated heterocycles. The van der Waals surface area contributed by atoms with Gasteiger partial charge in [0.1, 0.15) is 0 Å². The van der Waals surface area contributed by atoms with Crippen LogP contribution in [0.4, 0.5) is 17.1 Å². The van der Waals surface area contributed by atoms with E-state index in [1.807, 2.05) is 0 Å². The highest BCUT2D eigenvalue weighted by molar-refractivity contribution is 6.05. The van der Waals surface area contributed by atoms with E-state index in [0.717, 1.165) is 17.1 Å². The second-order valence-electron chi connectivity index (χ2n) is 15.8. The fourth-order valence-electron chi connectivity index (χ4n) is 9.10. The van der Waals surface area contributed by atoms with Gasteiger partial charge >= 0.3 is 0 Å². The molecule has 1 heteroatoms. The molecule has 0 heterocycles. The fourth-order valence-corrected chi connectivity index (χ4v) is 9.10. The monoisotopic (exact) mass is 729 g/mol. The van der Waals surface area contributed by atoms with Crippen molar-refractivity contribution in [1.29, 1.82) is 0 Å². The van der Waals surface area contributed by atoms with E-state index >= 15 is 0 Å². The molecule has 0 aliphatic heterocycles. The Kier molecular flexibility index (Phi) is 8.46. The lowest BCUT2D eigenvalue weighted by atomic mass is 9.81. The maximum atomic E-state index is 2.43. The van der Waals surface area contributed by atoms with Crippen molar-refractivity contribution in [2.75, 3.05) is 4.90 Å². The molecule has 0 bridgehead atoms. The molecule has 10 rings (SSSR count). The van der Waals surface area contributed by atoms with Crippen molar-refractivity contribution in [1.82, 2.24) is 0 Å². The van der Waals surface area contributed by atoms with E-state index in [-0.39, 0.29) is 5.41 Å². The Hall–Kier alpha value is -6.96. The van der Waals surface area contributed by atoms with Crippen molar-refractivity contribution in [2.24, 2.45) is 0 Å². The van der Waals surface area contributed by atoms with Crippen molar-refractivity contribution < 1.29 is 0 Å². The average Bonchev–Trinajstić information content (AvgIpc) is 3.50. The van der Waals surface area contributed by atoms with Gasteiger partial charge in [-0.15, -0.1) is 0 Å². The first-order valence-corrected chi connectivity index (χ1v) is 19.9. The summed E-state index contributed by atoms with van der Waals surface area (Å²) in [6.45, 7) is 6.96. The second kappa shape index (κ2) is 14.0. The highest BCUT2D eigenvalue weighted by Gasteiger charge is 2.37. The molecule has 57 heavy (non-hydrogen) atoms. The van der Waals surface area contributed by atoms with Crippen LogP contribution in [0.15, 0.2) is 206 Å². The second-order valence-corrected chi connectivity index (χ2v) is 15.8. The maximum Gasteiger partial charge on any atom is 0.0465 e. The third kappa shape index (κ3) is 5.95. The molecule has 272 valence electrons. The zero-order valence-corrected chi connectivity index (χ0v) is 32.6. The molecule has 0 aromatic heterocycles. The van der Waals surface area contributed by atoms with Crippen LogP contribution in [0.1, 0.15) is 30.5 Å². The van der Waals surface area contributed by atoms with Crippen molar-refractivity contribution in [2.45, 2.75) is 26.2 Å². The van der Waals surface area contributed by atoms with Crippen molar-refractivity contribution in [3.8, 4) is 55.6 Å². The van der Waals surface area contributed by atoms with Crippen LogP contribution in [-0.4, -0.2) is 0 Å².